The normalized spacial score (nSPS) is 11.2. The summed E-state index contributed by atoms with van der Waals surface area (Å²) in [6.07, 6.45) is 3.31. The minimum Gasteiger partial charge on any atom is -0.325 e. The maximum absolute atomic E-state index is 13.1. The molecule has 0 spiro atoms. The van der Waals surface area contributed by atoms with Crippen LogP contribution < -0.4 is 10.9 Å². The van der Waals surface area contributed by atoms with Gasteiger partial charge in [0.1, 0.15) is 5.82 Å². The van der Waals surface area contributed by atoms with Crippen molar-refractivity contribution >= 4 is 29.0 Å². The van der Waals surface area contributed by atoms with E-state index in [1.165, 1.54) is 34.0 Å². The van der Waals surface area contributed by atoms with Crippen LogP contribution >= 0.6 is 11.8 Å². The van der Waals surface area contributed by atoms with Crippen molar-refractivity contribution in [2.45, 2.75) is 31.5 Å². The molecule has 0 atom stereocenters. The molecule has 0 aliphatic heterocycles. The number of thioether (sulfide) groups is 1. The quantitative estimate of drug-likeness (QED) is 0.431. The smallest absolute Gasteiger partial charge is 0.296 e. The number of nitrogens with one attached hydrogen (secondary N) is 1. The minimum atomic E-state index is -0.327. The van der Waals surface area contributed by atoms with Crippen LogP contribution in [0.4, 0.5) is 10.1 Å². The van der Waals surface area contributed by atoms with Crippen LogP contribution in [0.15, 0.2) is 70.9 Å². The van der Waals surface area contributed by atoms with E-state index in [1.807, 2.05) is 24.3 Å². The zero-order chi connectivity index (χ0) is 22.7. The standard InChI is InChI=1S/C23H22FN5O2S/c1-15(2)17-5-9-19(10-6-17)25-20(30)14-32-23-27-26-21-22(31)28(11-12-29(21)23)13-16-3-7-18(24)8-4-16/h3-12,15H,13-14H2,1-2H3,(H,25,30). The molecule has 0 bridgehead atoms. The lowest BCUT2D eigenvalue weighted by Gasteiger charge is -2.08. The summed E-state index contributed by atoms with van der Waals surface area (Å²) in [5, 5.41) is 11.4. The van der Waals surface area contributed by atoms with Crippen molar-refractivity contribution in [3.63, 3.8) is 0 Å². The second kappa shape index (κ2) is 9.35. The monoisotopic (exact) mass is 451 g/mol. The summed E-state index contributed by atoms with van der Waals surface area (Å²) in [7, 11) is 0. The number of carbonyl (C=O) groups is 1. The predicted octanol–water partition coefficient (Wildman–Crippen LogP) is 3.93. The van der Waals surface area contributed by atoms with Gasteiger partial charge in [0, 0.05) is 18.1 Å². The second-order valence-electron chi connectivity index (χ2n) is 7.65. The molecule has 32 heavy (non-hydrogen) atoms. The van der Waals surface area contributed by atoms with Crippen molar-refractivity contribution < 1.29 is 9.18 Å². The Balaban J connectivity index is 1.42. The van der Waals surface area contributed by atoms with E-state index < -0.39 is 0 Å². The van der Waals surface area contributed by atoms with Crippen LogP contribution in [0.1, 0.15) is 30.9 Å². The number of amides is 1. The Bertz CT molecular complexity index is 1300. The van der Waals surface area contributed by atoms with E-state index in [9.17, 15) is 14.0 Å². The third-order valence-electron chi connectivity index (χ3n) is 4.97. The van der Waals surface area contributed by atoms with Gasteiger partial charge in [0.25, 0.3) is 5.56 Å². The van der Waals surface area contributed by atoms with Gasteiger partial charge >= 0.3 is 0 Å². The lowest BCUT2D eigenvalue weighted by molar-refractivity contribution is -0.113. The average molecular weight is 452 g/mol. The van der Waals surface area contributed by atoms with Crippen molar-refractivity contribution in [2.24, 2.45) is 0 Å². The third kappa shape index (κ3) is 4.88. The number of fused-ring (bicyclic) bond motifs is 1. The Morgan fingerprint density at radius 2 is 1.78 bits per heavy atom. The fraction of sp³-hybridized carbons (Fsp3) is 0.217. The van der Waals surface area contributed by atoms with Gasteiger partial charge in [-0.15, -0.1) is 10.2 Å². The molecule has 9 heteroatoms. The van der Waals surface area contributed by atoms with Crippen LogP contribution in [0.3, 0.4) is 0 Å². The van der Waals surface area contributed by atoms with Gasteiger partial charge < -0.3 is 9.88 Å². The first kappa shape index (κ1) is 21.8. The van der Waals surface area contributed by atoms with Gasteiger partial charge in [0.2, 0.25) is 11.6 Å². The van der Waals surface area contributed by atoms with Crippen LogP contribution in [0, 0.1) is 5.82 Å². The van der Waals surface area contributed by atoms with E-state index in [4.69, 9.17) is 0 Å². The highest BCUT2D eigenvalue weighted by Crippen LogP contribution is 2.19. The van der Waals surface area contributed by atoms with Crippen LogP contribution in [-0.2, 0) is 11.3 Å². The molecule has 2 heterocycles. The highest BCUT2D eigenvalue weighted by atomic mass is 32.2. The molecule has 0 saturated heterocycles. The number of nitrogens with zero attached hydrogens (tertiary/aromatic N) is 4. The summed E-state index contributed by atoms with van der Waals surface area (Å²) in [4.78, 5) is 25.1. The minimum absolute atomic E-state index is 0.130. The van der Waals surface area contributed by atoms with Gasteiger partial charge in [0.05, 0.1) is 12.3 Å². The van der Waals surface area contributed by atoms with E-state index in [2.05, 4.69) is 29.4 Å². The van der Waals surface area contributed by atoms with Crippen molar-refractivity contribution in [1.82, 2.24) is 19.2 Å². The predicted molar refractivity (Wildman–Crippen MR) is 123 cm³/mol. The maximum Gasteiger partial charge on any atom is 0.296 e. The first-order valence-electron chi connectivity index (χ1n) is 10.1. The number of hydrogen-bond donors (Lipinski definition) is 1. The SMILES string of the molecule is CC(C)c1ccc(NC(=O)CSc2nnc3c(=O)n(Cc4ccc(F)cc4)ccn23)cc1. The lowest BCUT2D eigenvalue weighted by Crippen LogP contribution is -2.22. The molecule has 2 aromatic heterocycles. The summed E-state index contributed by atoms with van der Waals surface area (Å²) in [6, 6.07) is 13.7. The number of benzene rings is 2. The molecule has 0 saturated carbocycles. The number of rotatable bonds is 7. The van der Waals surface area contributed by atoms with Crippen LogP contribution in [0.5, 0.6) is 0 Å². The lowest BCUT2D eigenvalue weighted by atomic mass is 10.0. The zero-order valence-corrected chi connectivity index (χ0v) is 18.5. The molecule has 0 radical (unpaired) electrons. The highest BCUT2D eigenvalue weighted by Gasteiger charge is 2.13. The average Bonchev–Trinajstić information content (AvgIpc) is 3.20. The fourth-order valence-corrected chi connectivity index (χ4v) is 3.91. The topological polar surface area (TPSA) is 81.3 Å². The number of hydrogen-bond acceptors (Lipinski definition) is 5. The highest BCUT2D eigenvalue weighted by molar-refractivity contribution is 7.99. The number of carbonyl (C=O) groups excluding carboxylic acids is 1. The summed E-state index contributed by atoms with van der Waals surface area (Å²) < 4.78 is 16.1. The van der Waals surface area contributed by atoms with Crippen molar-refractivity contribution in [3.05, 3.63) is 88.2 Å². The molecule has 164 valence electrons. The molecule has 1 N–H and O–H groups in total. The first-order chi connectivity index (χ1) is 15.4. The third-order valence-corrected chi connectivity index (χ3v) is 5.92. The second-order valence-corrected chi connectivity index (χ2v) is 8.59. The molecular weight excluding hydrogens is 429 g/mol. The number of aromatic nitrogens is 4. The maximum atomic E-state index is 13.1. The van der Waals surface area contributed by atoms with Crippen molar-refractivity contribution in [2.75, 3.05) is 11.1 Å². The molecule has 4 aromatic rings. The van der Waals surface area contributed by atoms with Crippen molar-refractivity contribution in [3.8, 4) is 0 Å². The van der Waals surface area contributed by atoms with Gasteiger partial charge in [-0.25, -0.2) is 4.39 Å². The van der Waals surface area contributed by atoms with Gasteiger partial charge in [-0.1, -0.05) is 49.9 Å². The van der Waals surface area contributed by atoms with E-state index in [0.717, 1.165) is 11.3 Å². The molecule has 0 fully saturated rings. The molecule has 2 aromatic carbocycles. The summed E-state index contributed by atoms with van der Waals surface area (Å²) in [5.41, 5.74) is 2.59. The first-order valence-corrected chi connectivity index (χ1v) is 11.1. The molecule has 0 unspecified atom stereocenters. The molecule has 7 nitrogen and oxygen atoms in total. The van der Waals surface area contributed by atoms with Gasteiger partial charge in [0.15, 0.2) is 5.16 Å². The van der Waals surface area contributed by atoms with Gasteiger partial charge in [-0.2, -0.15) is 0 Å². The zero-order valence-electron chi connectivity index (χ0n) is 17.7. The fourth-order valence-electron chi connectivity index (χ4n) is 3.19. The Morgan fingerprint density at radius 3 is 2.47 bits per heavy atom. The van der Waals surface area contributed by atoms with E-state index in [0.29, 0.717) is 17.6 Å². The molecular formula is C23H22FN5O2S. The van der Waals surface area contributed by atoms with Gasteiger partial charge in [-0.3, -0.25) is 14.0 Å². The Labute approximate surface area is 188 Å². The van der Waals surface area contributed by atoms with Crippen LogP contribution in [0.25, 0.3) is 5.65 Å². The number of halogens is 1. The Morgan fingerprint density at radius 1 is 1.06 bits per heavy atom. The molecule has 4 rings (SSSR count). The Hall–Kier alpha value is -3.46. The summed E-state index contributed by atoms with van der Waals surface area (Å²) >= 11 is 1.20. The Kier molecular flexibility index (Phi) is 6.36. The van der Waals surface area contributed by atoms with E-state index in [1.54, 1.807) is 28.9 Å². The molecule has 1 amide bonds. The number of anilines is 1. The molecule has 0 aliphatic rings. The van der Waals surface area contributed by atoms with E-state index in [-0.39, 0.29) is 28.7 Å². The van der Waals surface area contributed by atoms with Crippen molar-refractivity contribution in [1.29, 1.82) is 0 Å². The van der Waals surface area contributed by atoms with Crippen LogP contribution in [-0.4, -0.2) is 30.8 Å². The van der Waals surface area contributed by atoms with Gasteiger partial charge in [-0.05, 0) is 41.3 Å². The largest absolute Gasteiger partial charge is 0.325 e. The summed E-state index contributed by atoms with van der Waals surface area (Å²) in [5.74, 6) is 0.0589. The molecule has 0 aliphatic carbocycles. The van der Waals surface area contributed by atoms with Crippen LogP contribution in [0.2, 0.25) is 0 Å². The van der Waals surface area contributed by atoms with E-state index >= 15 is 0 Å². The summed E-state index contributed by atoms with van der Waals surface area (Å²) in [6.45, 7) is 4.53.